The molecular weight excluding hydrogens is 747 g/mol. The molecule has 4 aromatic rings. The van der Waals surface area contributed by atoms with Crippen LogP contribution in [-0.2, 0) is 25.0 Å². The van der Waals surface area contributed by atoms with Gasteiger partial charge in [-0.3, -0.25) is 0 Å². The number of hydrogen-bond acceptors (Lipinski definition) is 0. The Hall–Kier alpha value is -2.55. The first-order valence-corrected chi connectivity index (χ1v) is 43.7. The zero-order valence-electron chi connectivity index (χ0n) is 31.3. The van der Waals surface area contributed by atoms with Crippen LogP contribution < -0.4 is 0 Å². The molecule has 2 unspecified atom stereocenters. The van der Waals surface area contributed by atoms with Crippen molar-refractivity contribution in [3.05, 3.63) is 129 Å². The average molecular weight is 806 g/mol. The SMILES string of the molecule is C[CH2][Hf]([CH3])([CH3])([CH3])(=[SiH2])([CH]1C=Cc2c(-c3ccc(C(C)(C)C)cc3C)cccc21)[CH]1C=Cc2c(-c3ccc(C(C)(C)C)cc3C)cccc21. The average Bonchev–Trinajstić information content (AvgIpc) is 3.63. The van der Waals surface area contributed by atoms with Gasteiger partial charge in [0, 0.05) is 0 Å². The van der Waals surface area contributed by atoms with Gasteiger partial charge in [-0.2, -0.15) is 0 Å². The third-order valence-electron chi connectivity index (χ3n) is 13.4. The van der Waals surface area contributed by atoms with Gasteiger partial charge in [0.2, 0.25) is 0 Å². The van der Waals surface area contributed by atoms with E-state index >= 15 is 0 Å². The zero-order valence-corrected chi connectivity index (χ0v) is 36.3. The van der Waals surface area contributed by atoms with Gasteiger partial charge in [-0.05, 0) is 0 Å². The van der Waals surface area contributed by atoms with Gasteiger partial charge in [-0.25, -0.2) is 0 Å². The first-order chi connectivity index (χ1) is 21.5. The molecule has 0 fully saturated rings. The second-order valence-electron chi connectivity index (χ2n) is 20.8. The molecular formula is C45H58HfSi. The van der Waals surface area contributed by atoms with Gasteiger partial charge in [0.1, 0.15) is 0 Å². The molecule has 0 spiro atoms. The molecule has 0 heterocycles. The van der Waals surface area contributed by atoms with Crippen LogP contribution >= 0.6 is 0 Å². The third-order valence-corrected chi connectivity index (χ3v) is 63.0. The number of aryl methyl sites for hydroxylation is 2. The number of allylic oxidation sites excluding steroid dienone is 2. The number of benzene rings is 4. The summed E-state index contributed by atoms with van der Waals surface area (Å²) in [5.74, 6) is 0. The summed E-state index contributed by atoms with van der Waals surface area (Å²) in [5, 5.41) is 0. The molecule has 2 aliphatic rings. The van der Waals surface area contributed by atoms with Crippen molar-refractivity contribution in [3.63, 3.8) is 0 Å². The van der Waals surface area contributed by atoms with Crippen molar-refractivity contribution >= 4 is 19.1 Å². The molecule has 2 heteroatoms. The minimum absolute atomic E-state index is 0.141. The van der Waals surface area contributed by atoms with Crippen LogP contribution in [0.2, 0.25) is 18.2 Å². The van der Waals surface area contributed by atoms with Crippen molar-refractivity contribution in [2.45, 2.75) is 98.7 Å². The Morgan fingerprint density at radius 2 is 0.957 bits per heavy atom. The Bertz CT molecular complexity index is 2010. The molecule has 0 nitrogen and oxygen atoms in total. The quantitative estimate of drug-likeness (QED) is 0.176. The van der Waals surface area contributed by atoms with E-state index in [1.165, 1.54) is 70.9 Å². The predicted molar refractivity (Wildman–Crippen MR) is 211 cm³/mol. The van der Waals surface area contributed by atoms with Crippen molar-refractivity contribution in [3.8, 4) is 22.3 Å². The molecule has 47 heavy (non-hydrogen) atoms. The first kappa shape index (κ1) is 34.3. The fraction of sp³-hybridized carbons (Fsp3) is 0.378. The van der Waals surface area contributed by atoms with Gasteiger partial charge in [0.05, 0.1) is 0 Å². The molecule has 0 aliphatic heterocycles. The van der Waals surface area contributed by atoms with Gasteiger partial charge in [-0.1, -0.05) is 0 Å². The molecule has 2 atom stereocenters. The van der Waals surface area contributed by atoms with Crippen molar-refractivity contribution in [1.82, 2.24) is 0 Å². The second-order valence-corrected chi connectivity index (χ2v) is 103. The van der Waals surface area contributed by atoms with Crippen LogP contribution in [-0.4, -0.2) is 6.94 Å². The second kappa shape index (κ2) is 9.78. The van der Waals surface area contributed by atoms with Gasteiger partial charge in [0.25, 0.3) is 0 Å². The van der Waals surface area contributed by atoms with E-state index in [4.69, 9.17) is 0 Å². The fourth-order valence-corrected chi connectivity index (χ4v) is 40.1. The van der Waals surface area contributed by atoms with E-state index in [1.807, 2.05) is 0 Å². The normalized spacial score (nSPS) is 19.9. The van der Waals surface area contributed by atoms with E-state index in [0.717, 1.165) is 0 Å². The summed E-state index contributed by atoms with van der Waals surface area (Å²) < 4.78 is 10.4. The van der Waals surface area contributed by atoms with Crippen molar-refractivity contribution in [2.24, 2.45) is 0 Å². The summed E-state index contributed by atoms with van der Waals surface area (Å²) >= 11 is -4.89. The predicted octanol–water partition coefficient (Wildman–Crippen LogP) is 13.0. The van der Waals surface area contributed by atoms with Crippen LogP contribution in [0.15, 0.2) is 84.9 Å². The molecule has 0 aromatic heterocycles. The molecule has 0 radical (unpaired) electrons. The number of fused-ring (bicyclic) bond motifs is 2. The van der Waals surface area contributed by atoms with Crippen molar-refractivity contribution in [2.75, 3.05) is 0 Å². The summed E-state index contributed by atoms with van der Waals surface area (Å²) in [5.41, 5.74) is 17.2. The monoisotopic (exact) mass is 806 g/mol. The van der Waals surface area contributed by atoms with E-state index in [-0.39, 0.29) is 10.8 Å². The molecule has 0 amide bonds. The van der Waals surface area contributed by atoms with E-state index in [1.54, 1.807) is 0 Å². The summed E-state index contributed by atoms with van der Waals surface area (Å²) in [4.78, 5) is 0. The molecule has 0 saturated carbocycles. The number of rotatable bonds is 5. The van der Waals surface area contributed by atoms with E-state index in [9.17, 15) is 0 Å². The van der Waals surface area contributed by atoms with Crippen LogP contribution in [0, 0.1) is 13.8 Å². The molecule has 0 N–H and O–H groups in total. The summed E-state index contributed by atoms with van der Waals surface area (Å²) in [7, 11) is 0. The summed E-state index contributed by atoms with van der Waals surface area (Å²) in [6, 6.07) is 28.5. The number of hydrogen-bond donors (Lipinski definition) is 0. The first-order valence-electron chi connectivity index (χ1n) is 17.9. The van der Waals surface area contributed by atoms with Crippen molar-refractivity contribution < 1.29 is 14.2 Å². The Labute approximate surface area is 281 Å². The van der Waals surface area contributed by atoms with E-state index in [0.29, 0.717) is 7.35 Å². The fourth-order valence-electron chi connectivity index (χ4n) is 9.15. The Morgan fingerprint density at radius 1 is 0.574 bits per heavy atom. The third kappa shape index (κ3) is 5.23. The molecule has 0 bridgehead atoms. The van der Waals surface area contributed by atoms with Gasteiger partial charge in [0.15, 0.2) is 0 Å². The van der Waals surface area contributed by atoms with Gasteiger partial charge >= 0.3 is 284 Å². The van der Waals surface area contributed by atoms with E-state index in [2.05, 4.69) is 180 Å². The molecule has 246 valence electrons. The molecule has 4 aromatic carbocycles. The van der Waals surface area contributed by atoms with Gasteiger partial charge < -0.3 is 0 Å². The topological polar surface area (TPSA) is 0 Å². The Balaban J connectivity index is 1.50. The van der Waals surface area contributed by atoms with Crippen LogP contribution in [0.4, 0.5) is 0 Å². The maximum atomic E-state index is 2.79. The minimum atomic E-state index is -4.89. The summed E-state index contributed by atoms with van der Waals surface area (Å²) in [6.07, 6.45) is 10.2. The summed E-state index contributed by atoms with van der Waals surface area (Å²) in [6.45, 7) is 23.4. The van der Waals surface area contributed by atoms with Crippen LogP contribution in [0.25, 0.3) is 34.4 Å². The zero-order chi connectivity index (χ0) is 34.5. The molecule has 6 rings (SSSR count). The van der Waals surface area contributed by atoms with Crippen molar-refractivity contribution in [1.29, 1.82) is 0 Å². The van der Waals surface area contributed by atoms with Crippen LogP contribution in [0.5, 0.6) is 0 Å². The molecule has 0 saturated heterocycles. The standard InChI is InChI=1S/2C20H21.C2H5.3CH3.Hf.H2Si/c2*1-14-13-16(20(2,3)4)11-12-17(14)19-10-6-8-15-7-5-9-18(15)19;1-2;;;;;/h2*5-13H,1-4H3;1H2,2H3;3*1H3;;1H2. The van der Waals surface area contributed by atoms with Crippen LogP contribution in [0.3, 0.4) is 0 Å². The maximum absolute atomic E-state index is 4.89. The van der Waals surface area contributed by atoms with Gasteiger partial charge in [-0.15, -0.1) is 0 Å². The van der Waals surface area contributed by atoms with E-state index < -0.39 is 14.2 Å². The Morgan fingerprint density at radius 3 is 1.28 bits per heavy atom. The Kier molecular flexibility index (Phi) is 7.14. The van der Waals surface area contributed by atoms with Crippen LogP contribution in [0.1, 0.15) is 100 Å². The molecule has 2 aliphatic carbocycles.